The van der Waals surface area contributed by atoms with E-state index in [4.69, 9.17) is 8.83 Å². The first-order chi connectivity index (χ1) is 23.5. The Kier molecular flexibility index (Phi) is 6.16. The minimum absolute atomic E-state index is 0.00777. The first-order valence-electron chi connectivity index (χ1n) is 15.7. The minimum Gasteiger partial charge on any atom is -0.422 e. The van der Waals surface area contributed by atoms with E-state index in [1.54, 1.807) is 23.1 Å². The molecule has 0 saturated carbocycles. The number of hydrogen-bond acceptors (Lipinski definition) is 7. The van der Waals surface area contributed by atoms with Gasteiger partial charge < -0.3 is 8.83 Å². The first kappa shape index (κ1) is 28.1. The maximum atomic E-state index is 13.4. The third-order valence-electron chi connectivity index (χ3n) is 9.52. The third kappa shape index (κ3) is 4.21. The maximum Gasteiger partial charge on any atom is 0.344 e. The average Bonchev–Trinajstić information content (AvgIpc) is 3.79. The molecule has 10 rings (SSSR count). The standard InChI is InChI=1S/C41H24O4S3/c1-21-35-27-11-4-2-7-22(27)15-16-30(35)44-41(43)36(21)32-20-34-39(48-32)38-33(46-34)19-31(47-38)25-10-6-9-24(17-25)29-18-26-14-13-23-8-3-5-12-28(23)37(26)45-40(29)42/h2-19,32H,20H2,1H3. The highest BCUT2D eigenvalue weighted by atomic mass is 32.2. The van der Waals surface area contributed by atoms with E-state index in [0.29, 0.717) is 16.7 Å². The number of thiophene rings is 2. The maximum absolute atomic E-state index is 13.4. The summed E-state index contributed by atoms with van der Waals surface area (Å²) in [6, 6.07) is 36.6. The van der Waals surface area contributed by atoms with Gasteiger partial charge in [0.15, 0.2) is 0 Å². The number of benzene rings is 5. The Bertz CT molecular complexity index is 2920. The molecule has 0 saturated heterocycles. The molecule has 1 aliphatic rings. The molecule has 1 atom stereocenters. The lowest BCUT2D eigenvalue weighted by Gasteiger charge is -2.14. The number of rotatable bonds is 3. The van der Waals surface area contributed by atoms with Gasteiger partial charge in [0.05, 0.1) is 15.8 Å². The number of fused-ring (bicyclic) bond motifs is 9. The van der Waals surface area contributed by atoms with Gasteiger partial charge >= 0.3 is 11.3 Å². The van der Waals surface area contributed by atoms with Gasteiger partial charge in [0.25, 0.3) is 0 Å². The summed E-state index contributed by atoms with van der Waals surface area (Å²) in [5.41, 5.74) is 4.90. The van der Waals surface area contributed by atoms with Crippen molar-refractivity contribution in [3.8, 4) is 21.6 Å². The summed E-state index contributed by atoms with van der Waals surface area (Å²) in [6.07, 6.45) is 0.811. The predicted octanol–water partition coefficient (Wildman–Crippen LogP) is 11.5. The van der Waals surface area contributed by atoms with Gasteiger partial charge in [-0.3, -0.25) is 0 Å². The van der Waals surface area contributed by atoms with Crippen molar-refractivity contribution in [2.45, 2.75) is 23.5 Å². The molecular weight excluding hydrogens is 653 g/mol. The fraction of sp³-hybridized carbons (Fsp3) is 0.0732. The van der Waals surface area contributed by atoms with Crippen LogP contribution in [0.5, 0.6) is 0 Å². The van der Waals surface area contributed by atoms with Crippen molar-refractivity contribution < 1.29 is 8.83 Å². The number of aryl methyl sites for hydroxylation is 1. The van der Waals surface area contributed by atoms with E-state index in [1.807, 2.05) is 84.1 Å². The normalized spacial score (nSPS) is 14.6. The summed E-state index contributed by atoms with van der Waals surface area (Å²) in [5.74, 6) is 0. The van der Waals surface area contributed by atoms with Gasteiger partial charge in [0.2, 0.25) is 0 Å². The van der Waals surface area contributed by atoms with Crippen molar-refractivity contribution in [2.24, 2.45) is 0 Å². The van der Waals surface area contributed by atoms with Crippen LogP contribution in [0.25, 0.3) is 74.5 Å². The fourth-order valence-electron chi connectivity index (χ4n) is 7.25. The van der Waals surface area contributed by atoms with Gasteiger partial charge in [-0.1, -0.05) is 84.9 Å². The number of thioether (sulfide) groups is 1. The zero-order valence-electron chi connectivity index (χ0n) is 25.5. The molecule has 0 fully saturated rings. The van der Waals surface area contributed by atoms with Gasteiger partial charge in [-0.15, -0.1) is 34.4 Å². The average molecular weight is 677 g/mol. The number of hydrogen-bond donors (Lipinski definition) is 0. The lowest BCUT2D eigenvalue weighted by Crippen LogP contribution is -2.13. The van der Waals surface area contributed by atoms with E-state index in [9.17, 15) is 9.59 Å². The van der Waals surface area contributed by atoms with Crippen molar-refractivity contribution in [1.82, 2.24) is 0 Å². The van der Waals surface area contributed by atoms with E-state index >= 15 is 0 Å². The summed E-state index contributed by atoms with van der Waals surface area (Å²) in [6.45, 7) is 2.07. The van der Waals surface area contributed by atoms with Crippen molar-refractivity contribution in [1.29, 1.82) is 0 Å². The first-order valence-corrected chi connectivity index (χ1v) is 18.2. The van der Waals surface area contributed by atoms with E-state index in [1.165, 1.54) is 19.2 Å². The topological polar surface area (TPSA) is 60.4 Å². The molecule has 9 aromatic rings. The molecule has 0 spiro atoms. The summed E-state index contributed by atoms with van der Waals surface area (Å²) in [7, 11) is 0. The Morgan fingerprint density at radius 3 is 2.31 bits per heavy atom. The molecule has 1 aliphatic heterocycles. The monoisotopic (exact) mass is 676 g/mol. The Labute approximate surface area is 285 Å². The van der Waals surface area contributed by atoms with Crippen LogP contribution in [0, 0.1) is 6.92 Å². The highest BCUT2D eigenvalue weighted by Crippen LogP contribution is 2.56. The quantitative estimate of drug-likeness (QED) is 0.138. The Balaban J connectivity index is 1.01. The van der Waals surface area contributed by atoms with Crippen LogP contribution in [0.4, 0.5) is 0 Å². The minimum atomic E-state index is -0.343. The third-order valence-corrected chi connectivity index (χ3v) is 13.6. The van der Waals surface area contributed by atoms with Gasteiger partial charge in [-0.05, 0) is 70.5 Å². The SMILES string of the molecule is Cc1c(C2Cc3sc4cc(-c5cccc(-c6cc7ccc8ccccc8c7oc6=O)c5)sc4c3S2)c(=O)oc2ccc3ccccc3c12. The molecule has 4 nitrogen and oxygen atoms in total. The second-order valence-electron chi connectivity index (χ2n) is 12.3. The van der Waals surface area contributed by atoms with Gasteiger partial charge in [0, 0.05) is 40.8 Å². The van der Waals surface area contributed by atoms with Crippen molar-refractivity contribution in [2.75, 3.05) is 0 Å². The molecule has 230 valence electrons. The van der Waals surface area contributed by atoms with Crippen LogP contribution in [0.3, 0.4) is 0 Å². The van der Waals surface area contributed by atoms with Crippen molar-refractivity contribution in [3.05, 3.63) is 146 Å². The van der Waals surface area contributed by atoms with Crippen LogP contribution in [0.1, 0.15) is 21.3 Å². The summed E-state index contributed by atoms with van der Waals surface area (Å²) >= 11 is 5.37. The van der Waals surface area contributed by atoms with Gasteiger partial charge in [0.1, 0.15) is 11.2 Å². The van der Waals surface area contributed by atoms with Crippen molar-refractivity contribution in [3.63, 3.8) is 0 Å². The van der Waals surface area contributed by atoms with Crippen LogP contribution in [-0.4, -0.2) is 0 Å². The molecule has 7 heteroatoms. The zero-order valence-corrected chi connectivity index (χ0v) is 28.0. The van der Waals surface area contributed by atoms with E-state index in [2.05, 4.69) is 43.3 Å². The molecule has 0 radical (unpaired) electrons. The predicted molar refractivity (Wildman–Crippen MR) is 201 cm³/mol. The highest BCUT2D eigenvalue weighted by molar-refractivity contribution is 8.00. The highest BCUT2D eigenvalue weighted by Gasteiger charge is 2.33. The molecule has 0 N–H and O–H groups in total. The Hall–Kier alpha value is -4.95. The lowest BCUT2D eigenvalue weighted by atomic mass is 9.97. The van der Waals surface area contributed by atoms with Crippen LogP contribution >= 0.6 is 34.4 Å². The molecular formula is C41H24O4S3. The molecule has 0 bridgehead atoms. The molecule has 0 aliphatic carbocycles. The molecule has 5 aromatic carbocycles. The van der Waals surface area contributed by atoms with E-state index < -0.39 is 0 Å². The molecule has 4 aromatic heterocycles. The molecule has 5 heterocycles. The summed E-state index contributed by atoms with van der Waals surface area (Å²) < 4.78 is 14.4. The van der Waals surface area contributed by atoms with Crippen molar-refractivity contribution >= 4 is 87.3 Å². The lowest BCUT2D eigenvalue weighted by molar-refractivity contribution is 0.548. The van der Waals surface area contributed by atoms with E-state index in [0.717, 1.165) is 65.9 Å². The summed E-state index contributed by atoms with van der Waals surface area (Å²) in [5, 5.41) is 6.15. The Morgan fingerprint density at radius 1 is 0.688 bits per heavy atom. The van der Waals surface area contributed by atoms with Gasteiger partial charge in [-0.25, -0.2) is 9.59 Å². The second-order valence-corrected chi connectivity index (χ2v) is 15.7. The van der Waals surface area contributed by atoms with Gasteiger partial charge in [-0.2, -0.15) is 0 Å². The second kappa shape index (κ2) is 10.5. The largest absolute Gasteiger partial charge is 0.422 e. The zero-order chi connectivity index (χ0) is 32.1. The fourth-order valence-corrected chi connectivity index (χ4v) is 11.8. The van der Waals surface area contributed by atoms with Crippen LogP contribution in [0.2, 0.25) is 0 Å². The molecule has 0 amide bonds. The van der Waals surface area contributed by atoms with Crippen LogP contribution in [-0.2, 0) is 6.42 Å². The Morgan fingerprint density at radius 2 is 1.44 bits per heavy atom. The summed E-state index contributed by atoms with van der Waals surface area (Å²) in [4.78, 5) is 30.4. The van der Waals surface area contributed by atoms with E-state index in [-0.39, 0.29) is 16.5 Å². The molecule has 1 unspecified atom stereocenters. The van der Waals surface area contributed by atoms with Crippen LogP contribution in [0.15, 0.2) is 133 Å². The molecule has 48 heavy (non-hydrogen) atoms. The smallest absolute Gasteiger partial charge is 0.344 e. The van der Waals surface area contributed by atoms with Crippen LogP contribution < -0.4 is 11.3 Å².